The fourth-order valence-corrected chi connectivity index (χ4v) is 1.27. The average Bonchev–Trinajstić information content (AvgIpc) is 2.17. The maximum absolute atomic E-state index is 5.10. The Hall–Kier alpha value is -1.44. The molecule has 12 heavy (non-hydrogen) atoms. The predicted octanol–water partition coefficient (Wildman–Crippen LogP) is 1.96. The number of ether oxygens (including phenoxy) is 1. The summed E-state index contributed by atoms with van der Waals surface area (Å²) >= 11 is 0. The lowest BCUT2D eigenvalue weighted by molar-refractivity contribution is 0.414. The van der Waals surface area contributed by atoms with Crippen LogP contribution in [0.4, 0.5) is 5.69 Å². The van der Waals surface area contributed by atoms with Crippen LogP contribution in [-0.4, -0.2) is 13.7 Å². The van der Waals surface area contributed by atoms with Gasteiger partial charge in [0.05, 0.1) is 19.3 Å². The Morgan fingerprint density at radius 3 is 3.17 bits per heavy atom. The predicted molar refractivity (Wildman–Crippen MR) is 48.7 cm³/mol. The lowest BCUT2D eigenvalue weighted by atomic mass is 10.1. The Morgan fingerprint density at radius 2 is 2.33 bits per heavy atom. The highest BCUT2D eigenvalue weighted by Gasteiger charge is 2.04. The van der Waals surface area contributed by atoms with E-state index in [2.05, 4.69) is 11.4 Å². The first-order valence-electron chi connectivity index (χ1n) is 3.92. The van der Waals surface area contributed by atoms with Crippen molar-refractivity contribution in [1.29, 1.82) is 0 Å². The normalized spacial score (nSPS) is 13.4. The fourth-order valence-electron chi connectivity index (χ4n) is 1.27. The first-order chi connectivity index (χ1) is 5.90. The van der Waals surface area contributed by atoms with E-state index in [0.29, 0.717) is 0 Å². The Labute approximate surface area is 71.9 Å². The van der Waals surface area contributed by atoms with E-state index in [1.165, 1.54) is 0 Å². The number of benzene rings is 1. The number of methoxy groups -OCH3 is 1. The molecule has 0 amide bonds. The van der Waals surface area contributed by atoms with Crippen molar-refractivity contribution in [2.45, 2.75) is 0 Å². The molecule has 2 nitrogen and oxygen atoms in total. The van der Waals surface area contributed by atoms with Gasteiger partial charge in [0.15, 0.2) is 0 Å². The van der Waals surface area contributed by atoms with Crippen LogP contribution in [0, 0.1) is 0 Å². The van der Waals surface area contributed by atoms with E-state index in [4.69, 9.17) is 4.74 Å². The molecule has 0 unspecified atom stereocenters. The molecule has 1 aliphatic heterocycles. The Kier molecular flexibility index (Phi) is 1.74. The standard InChI is InChI=1S/C10H10NO/c1-12-9-4-5-10-8(7-9)3-2-6-11-10/h2-5,7H,6H2,1H3. The van der Waals surface area contributed by atoms with Crippen LogP contribution in [0.2, 0.25) is 0 Å². The van der Waals surface area contributed by atoms with Gasteiger partial charge in [0.1, 0.15) is 5.75 Å². The molecule has 61 valence electrons. The van der Waals surface area contributed by atoms with Crippen LogP contribution < -0.4 is 10.1 Å². The molecule has 0 aliphatic carbocycles. The van der Waals surface area contributed by atoms with Gasteiger partial charge in [-0.25, -0.2) is 0 Å². The number of hydrogen-bond donors (Lipinski definition) is 0. The van der Waals surface area contributed by atoms with Crippen LogP contribution in [-0.2, 0) is 0 Å². The van der Waals surface area contributed by atoms with Crippen molar-refractivity contribution < 1.29 is 4.74 Å². The first kappa shape index (κ1) is 7.22. The smallest absolute Gasteiger partial charge is 0.119 e. The van der Waals surface area contributed by atoms with E-state index < -0.39 is 0 Å². The molecule has 0 saturated carbocycles. The number of hydrogen-bond acceptors (Lipinski definition) is 1. The van der Waals surface area contributed by atoms with Crippen LogP contribution in [0.3, 0.4) is 0 Å². The molecule has 0 spiro atoms. The van der Waals surface area contributed by atoms with E-state index >= 15 is 0 Å². The fraction of sp³-hybridized carbons (Fsp3) is 0.200. The van der Waals surface area contributed by atoms with Crippen LogP contribution in [0.15, 0.2) is 24.3 Å². The van der Waals surface area contributed by atoms with Crippen molar-refractivity contribution >= 4 is 11.8 Å². The second kappa shape index (κ2) is 2.89. The molecule has 1 radical (unpaired) electrons. The summed E-state index contributed by atoms with van der Waals surface area (Å²) in [6.45, 7) is 0.791. The Balaban J connectivity index is 2.44. The SMILES string of the molecule is COc1ccc2c(c1)C=CC[N]2. The number of rotatable bonds is 1. The van der Waals surface area contributed by atoms with Crippen molar-refractivity contribution in [3.63, 3.8) is 0 Å². The molecule has 0 N–H and O–H groups in total. The minimum Gasteiger partial charge on any atom is -0.497 e. The monoisotopic (exact) mass is 160 g/mol. The lowest BCUT2D eigenvalue weighted by Gasteiger charge is -2.10. The molecule has 2 heteroatoms. The highest BCUT2D eigenvalue weighted by Crippen LogP contribution is 2.25. The summed E-state index contributed by atoms with van der Waals surface area (Å²) in [5.74, 6) is 0.885. The molecular formula is C10H10NO. The minimum atomic E-state index is 0.791. The third-order valence-electron chi connectivity index (χ3n) is 1.90. The van der Waals surface area contributed by atoms with Gasteiger partial charge in [-0.1, -0.05) is 12.2 Å². The van der Waals surface area contributed by atoms with Crippen molar-refractivity contribution in [2.24, 2.45) is 0 Å². The van der Waals surface area contributed by atoms with Crippen molar-refractivity contribution in [2.75, 3.05) is 13.7 Å². The molecule has 1 heterocycles. The summed E-state index contributed by atoms with van der Waals surface area (Å²) in [4.78, 5) is 0. The van der Waals surface area contributed by atoms with Crippen molar-refractivity contribution in [3.05, 3.63) is 29.8 Å². The second-order valence-electron chi connectivity index (χ2n) is 2.67. The number of fused-ring (bicyclic) bond motifs is 1. The average molecular weight is 160 g/mol. The molecule has 0 fully saturated rings. The molecule has 1 aromatic carbocycles. The third kappa shape index (κ3) is 1.16. The van der Waals surface area contributed by atoms with Crippen LogP contribution >= 0.6 is 0 Å². The summed E-state index contributed by atoms with van der Waals surface area (Å²) in [6, 6.07) is 5.91. The largest absolute Gasteiger partial charge is 0.497 e. The Bertz CT molecular complexity index is 318. The quantitative estimate of drug-likeness (QED) is 0.616. The second-order valence-corrected chi connectivity index (χ2v) is 2.67. The molecule has 2 rings (SSSR count). The van der Waals surface area contributed by atoms with Gasteiger partial charge in [-0.2, -0.15) is 0 Å². The highest BCUT2D eigenvalue weighted by molar-refractivity contribution is 5.67. The van der Waals surface area contributed by atoms with Gasteiger partial charge < -0.3 is 4.74 Å². The summed E-state index contributed by atoms with van der Waals surface area (Å²) in [7, 11) is 1.67. The first-order valence-corrected chi connectivity index (χ1v) is 3.92. The van der Waals surface area contributed by atoms with Crippen molar-refractivity contribution in [1.82, 2.24) is 5.32 Å². The summed E-state index contributed by atoms with van der Waals surface area (Å²) in [5.41, 5.74) is 2.19. The topological polar surface area (TPSA) is 23.3 Å². The third-order valence-corrected chi connectivity index (χ3v) is 1.90. The van der Waals surface area contributed by atoms with E-state index in [-0.39, 0.29) is 0 Å². The van der Waals surface area contributed by atoms with Gasteiger partial charge in [0.2, 0.25) is 0 Å². The van der Waals surface area contributed by atoms with Crippen molar-refractivity contribution in [3.8, 4) is 5.75 Å². The molecule has 1 aliphatic rings. The number of nitrogens with zero attached hydrogens (tertiary/aromatic N) is 1. The maximum atomic E-state index is 5.10. The highest BCUT2D eigenvalue weighted by atomic mass is 16.5. The van der Waals surface area contributed by atoms with Gasteiger partial charge in [-0.15, -0.1) is 0 Å². The van der Waals surface area contributed by atoms with E-state index in [1.54, 1.807) is 7.11 Å². The van der Waals surface area contributed by atoms with Gasteiger partial charge in [-0.3, -0.25) is 5.32 Å². The maximum Gasteiger partial charge on any atom is 0.119 e. The lowest BCUT2D eigenvalue weighted by Crippen LogP contribution is -2.02. The van der Waals surface area contributed by atoms with E-state index in [0.717, 1.165) is 23.5 Å². The van der Waals surface area contributed by atoms with Gasteiger partial charge >= 0.3 is 0 Å². The minimum absolute atomic E-state index is 0.791. The zero-order chi connectivity index (χ0) is 8.39. The molecule has 0 aromatic heterocycles. The van der Waals surface area contributed by atoms with Crippen LogP contribution in [0.5, 0.6) is 5.75 Å². The van der Waals surface area contributed by atoms with E-state index in [1.807, 2.05) is 24.3 Å². The summed E-state index contributed by atoms with van der Waals surface area (Å²) in [6.07, 6.45) is 4.12. The van der Waals surface area contributed by atoms with Gasteiger partial charge in [0.25, 0.3) is 0 Å². The zero-order valence-electron chi connectivity index (χ0n) is 6.95. The van der Waals surface area contributed by atoms with Crippen LogP contribution in [0.1, 0.15) is 5.56 Å². The zero-order valence-corrected chi connectivity index (χ0v) is 6.95. The molecule has 0 saturated heterocycles. The van der Waals surface area contributed by atoms with Crippen LogP contribution in [0.25, 0.3) is 6.08 Å². The molecular weight excluding hydrogens is 150 g/mol. The molecule has 1 aromatic rings. The molecule has 0 atom stereocenters. The Morgan fingerprint density at radius 1 is 1.42 bits per heavy atom. The summed E-state index contributed by atoms with van der Waals surface area (Å²) in [5, 5.41) is 4.33. The van der Waals surface area contributed by atoms with Gasteiger partial charge in [-0.05, 0) is 18.2 Å². The summed E-state index contributed by atoms with van der Waals surface area (Å²) < 4.78 is 5.10. The molecule has 0 bridgehead atoms. The van der Waals surface area contributed by atoms with E-state index in [9.17, 15) is 0 Å². The van der Waals surface area contributed by atoms with Gasteiger partial charge in [0, 0.05) is 5.56 Å².